The number of anilines is 1. The summed E-state index contributed by atoms with van der Waals surface area (Å²) < 4.78 is 53.7. The van der Waals surface area contributed by atoms with Crippen molar-refractivity contribution in [3.8, 4) is 0 Å². The number of ketones is 1. The average molecular weight is 283 g/mol. The molecule has 0 aliphatic carbocycles. The molecule has 2 N–H and O–H groups in total. The molecule has 0 aliphatic rings. The van der Waals surface area contributed by atoms with Gasteiger partial charge in [0.2, 0.25) is 5.78 Å². The summed E-state index contributed by atoms with van der Waals surface area (Å²) in [5.41, 5.74) is 4.04. The number of rotatable bonds is 2. The lowest BCUT2D eigenvalue weighted by atomic mass is 9.99. The molecule has 0 spiro atoms. The summed E-state index contributed by atoms with van der Waals surface area (Å²) in [5.74, 6) is -6.11. The summed E-state index contributed by atoms with van der Waals surface area (Å²) in [6.07, 6.45) is 0. The molecule has 2 rings (SSSR count). The number of carbonyl (C=O) groups is 1. The van der Waals surface area contributed by atoms with Gasteiger partial charge in [-0.25, -0.2) is 17.6 Å². The monoisotopic (exact) mass is 283 g/mol. The summed E-state index contributed by atoms with van der Waals surface area (Å²) >= 11 is 0. The van der Waals surface area contributed by atoms with E-state index in [0.717, 1.165) is 6.07 Å². The van der Waals surface area contributed by atoms with Crippen molar-refractivity contribution in [1.82, 2.24) is 0 Å². The molecule has 0 bridgehead atoms. The van der Waals surface area contributed by atoms with E-state index >= 15 is 0 Å². The van der Waals surface area contributed by atoms with Gasteiger partial charge in [-0.05, 0) is 24.6 Å². The molecule has 2 aromatic rings. The minimum absolute atomic E-state index is 0.0660. The van der Waals surface area contributed by atoms with Gasteiger partial charge in [0.15, 0.2) is 0 Å². The summed E-state index contributed by atoms with van der Waals surface area (Å²) in [6, 6.07) is 2.97. The second-order valence-corrected chi connectivity index (χ2v) is 4.27. The minimum atomic E-state index is -1.40. The lowest BCUT2D eigenvalue weighted by Crippen LogP contribution is -2.11. The number of nitrogens with two attached hydrogens (primary N) is 1. The minimum Gasteiger partial charge on any atom is -0.399 e. The van der Waals surface area contributed by atoms with Gasteiger partial charge in [-0.2, -0.15) is 0 Å². The third-order valence-electron chi connectivity index (χ3n) is 2.76. The van der Waals surface area contributed by atoms with Gasteiger partial charge in [0, 0.05) is 17.8 Å². The summed E-state index contributed by atoms with van der Waals surface area (Å²) in [7, 11) is 0. The molecule has 0 radical (unpaired) electrons. The van der Waals surface area contributed by atoms with E-state index in [2.05, 4.69) is 0 Å². The molecule has 20 heavy (non-hydrogen) atoms. The van der Waals surface area contributed by atoms with Crippen LogP contribution in [0.25, 0.3) is 0 Å². The Bertz CT molecular complexity index is 690. The third kappa shape index (κ3) is 2.36. The Balaban J connectivity index is 2.64. The smallest absolute Gasteiger partial charge is 0.201 e. The second kappa shape index (κ2) is 4.96. The SMILES string of the molecule is Cc1cc(N)cc(C(=O)c2c(F)cc(F)cc2F)c1F. The molecule has 0 fully saturated rings. The zero-order valence-electron chi connectivity index (χ0n) is 10.3. The van der Waals surface area contributed by atoms with Crippen LogP contribution in [-0.2, 0) is 0 Å². The lowest BCUT2D eigenvalue weighted by Gasteiger charge is -2.08. The molecule has 0 unspecified atom stereocenters. The Morgan fingerprint density at radius 1 is 1.00 bits per heavy atom. The third-order valence-corrected chi connectivity index (χ3v) is 2.76. The first-order valence-corrected chi connectivity index (χ1v) is 5.56. The molecule has 6 heteroatoms. The van der Waals surface area contributed by atoms with Crippen LogP contribution in [0.4, 0.5) is 23.2 Å². The van der Waals surface area contributed by atoms with Crippen molar-refractivity contribution < 1.29 is 22.4 Å². The van der Waals surface area contributed by atoms with E-state index in [0.29, 0.717) is 12.1 Å². The standard InChI is InChI=1S/C14H9F4NO/c1-6-2-8(19)5-9(13(6)18)14(20)12-10(16)3-7(15)4-11(12)17/h2-5H,19H2,1H3. The van der Waals surface area contributed by atoms with Crippen LogP contribution < -0.4 is 5.73 Å². The molecule has 0 aliphatic heterocycles. The topological polar surface area (TPSA) is 43.1 Å². The normalized spacial score (nSPS) is 10.7. The fourth-order valence-corrected chi connectivity index (χ4v) is 1.86. The van der Waals surface area contributed by atoms with E-state index in [1.165, 1.54) is 13.0 Å². The van der Waals surface area contributed by atoms with Crippen LogP contribution in [0.3, 0.4) is 0 Å². The Morgan fingerprint density at radius 2 is 1.55 bits per heavy atom. The Labute approximate surface area is 111 Å². The van der Waals surface area contributed by atoms with Gasteiger partial charge in [0.1, 0.15) is 23.3 Å². The Kier molecular flexibility index (Phi) is 3.48. The van der Waals surface area contributed by atoms with Gasteiger partial charge >= 0.3 is 0 Å². The average Bonchev–Trinajstić information content (AvgIpc) is 2.32. The highest BCUT2D eigenvalue weighted by molar-refractivity contribution is 6.10. The predicted molar refractivity (Wildman–Crippen MR) is 65.3 cm³/mol. The van der Waals surface area contributed by atoms with E-state index in [-0.39, 0.29) is 11.3 Å². The predicted octanol–water partition coefficient (Wildman–Crippen LogP) is 3.36. The summed E-state index contributed by atoms with van der Waals surface area (Å²) in [6.45, 7) is 1.36. The van der Waals surface area contributed by atoms with Crippen LogP contribution in [0.15, 0.2) is 24.3 Å². The van der Waals surface area contributed by atoms with Crippen molar-refractivity contribution in [1.29, 1.82) is 0 Å². The van der Waals surface area contributed by atoms with Crippen molar-refractivity contribution >= 4 is 11.5 Å². The number of benzene rings is 2. The molecule has 0 saturated heterocycles. The van der Waals surface area contributed by atoms with Crippen LogP contribution in [0, 0.1) is 30.2 Å². The highest BCUT2D eigenvalue weighted by Gasteiger charge is 2.24. The van der Waals surface area contributed by atoms with Crippen molar-refractivity contribution in [3.63, 3.8) is 0 Å². The Hall–Kier alpha value is -2.37. The van der Waals surface area contributed by atoms with Crippen LogP contribution in [-0.4, -0.2) is 5.78 Å². The van der Waals surface area contributed by atoms with Crippen molar-refractivity contribution in [2.24, 2.45) is 0 Å². The van der Waals surface area contributed by atoms with Gasteiger partial charge in [-0.15, -0.1) is 0 Å². The molecule has 0 saturated carbocycles. The number of hydrogen-bond acceptors (Lipinski definition) is 2. The number of halogens is 4. The van der Waals surface area contributed by atoms with E-state index in [1.54, 1.807) is 0 Å². The summed E-state index contributed by atoms with van der Waals surface area (Å²) in [4.78, 5) is 12.0. The quantitative estimate of drug-likeness (QED) is 0.521. The number of nitrogen functional groups attached to an aromatic ring is 1. The first-order valence-electron chi connectivity index (χ1n) is 5.56. The van der Waals surface area contributed by atoms with Crippen molar-refractivity contribution in [2.45, 2.75) is 6.92 Å². The fraction of sp³-hybridized carbons (Fsp3) is 0.0714. The first-order chi connectivity index (χ1) is 9.31. The van der Waals surface area contributed by atoms with Crippen LogP contribution >= 0.6 is 0 Å². The molecule has 2 aromatic carbocycles. The second-order valence-electron chi connectivity index (χ2n) is 4.27. The van der Waals surface area contributed by atoms with Crippen LogP contribution in [0.1, 0.15) is 21.5 Å². The highest BCUT2D eigenvalue weighted by atomic mass is 19.1. The number of carbonyl (C=O) groups excluding carboxylic acids is 1. The van der Waals surface area contributed by atoms with Gasteiger partial charge in [0.05, 0.1) is 11.1 Å². The van der Waals surface area contributed by atoms with E-state index in [9.17, 15) is 22.4 Å². The number of hydrogen-bond donors (Lipinski definition) is 1. The largest absolute Gasteiger partial charge is 0.399 e. The molecular formula is C14H9F4NO. The molecule has 0 heterocycles. The first kappa shape index (κ1) is 14.0. The maximum absolute atomic E-state index is 13.9. The van der Waals surface area contributed by atoms with Crippen LogP contribution in [0.2, 0.25) is 0 Å². The zero-order valence-corrected chi connectivity index (χ0v) is 10.3. The molecule has 104 valence electrons. The van der Waals surface area contributed by atoms with Gasteiger partial charge in [-0.3, -0.25) is 4.79 Å². The zero-order chi connectivity index (χ0) is 15.0. The molecular weight excluding hydrogens is 274 g/mol. The Morgan fingerprint density at radius 3 is 2.10 bits per heavy atom. The maximum Gasteiger partial charge on any atom is 0.201 e. The fourth-order valence-electron chi connectivity index (χ4n) is 1.86. The van der Waals surface area contributed by atoms with E-state index in [4.69, 9.17) is 5.73 Å². The van der Waals surface area contributed by atoms with Gasteiger partial charge in [0.25, 0.3) is 0 Å². The highest BCUT2D eigenvalue weighted by Crippen LogP contribution is 2.23. The van der Waals surface area contributed by atoms with Crippen molar-refractivity contribution in [2.75, 3.05) is 5.73 Å². The molecule has 0 aromatic heterocycles. The van der Waals surface area contributed by atoms with Gasteiger partial charge in [-0.1, -0.05) is 0 Å². The molecule has 0 atom stereocenters. The van der Waals surface area contributed by atoms with E-state index < -0.39 is 40.2 Å². The summed E-state index contributed by atoms with van der Waals surface area (Å²) in [5, 5.41) is 0. The molecule has 2 nitrogen and oxygen atoms in total. The van der Waals surface area contributed by atoms with Crippen LogP contribution in [0.5, 0.6) is 0 Å². The van der Waals surface area contributed by atoms with E-state index in [1.807, 2.05) is 0 Å². The maximum atomic E-state index is 13.9. The van der Waals surface area contributed by atoms with Gasteiger partial charge < -0.3 is 5.73 Å². The number of aryl methyl sites for hydroxylation is 1. The van der Waals surface area contributed by atoms with Crippen molar-refractivity contribution in [3.05, 3.63) is 64.2 Å². The lowest BCUT2D eigenvalue weighted by molar-refractivity contribution is 0.102. The molecule has 0 amide bonds.